The molecule has 0 amide bonds. The maximum atomic E-state index is 12.5. The molecule has 2 aromatic heterocycles. The third kappa shape index (κ3) is 5.19. The number of nitrogens with zero attached hydrogens (tertiary/aromatic N) is 5. The van der Waals surface area contributed by atoms with Gasteiger partial charge in [-0.3, -0.25) is 19.9 Å². The van der Waals surface area contributed by atoms with Crippen molar-refractivity contribution >= 4 is 34.0 Å². The molecule has 0 aliphatic carbocycles. The number of carbonyl (C=O) groups excluding carboxylic acids is 1. The lowest BCUT2D eigenvalue weighted by Gasteiger charge is -2.14. The number of carbonyl (C=O) groups is 1. The topological polar surface area (TPSA) is 153 Å². The lowest BCUT2D eigenvalue weighted by atomic mass is 10.1. The first-order valence-electron chi connectivity index (χ1n) is 11.4. The van der Waals surface area contributed by atoms with E-state index in [0.29, 0.717) is 41.7 Å². The Morgan fingerprint density at radius 1 is 1.19 bits per heavy atom. The Hall–Kier alpha value is -4.95. The molecule has 11 nitrogen and oxygen atoms in total. The second-order valence-electron chi connectivity index (χ2n) is 8.36. The Bertz CT molecular complexity index is 1510. The number of nitro groups is 1. The van der Waals surface area contributed by atoms with Gasteiger partial charge in [0.05, 0.1) is 34.9 Å². The van der Waals surface area contributed by atoms with Crippen LogP contribution in [0.2, 0.25) is 0 Å². The quantitative estimate of drug-likeness (QED) is 0.214. The summed E-state index contributed by atoms with van der Waals surface area (Å²) in [6.07, 6.45) is 4.88. The normalized spacial score (nSPS) is 14.7. The van der Waals surface area contributed by atoms with Gasteiger partial charge in [-0.05, 0) is 5.56 Å². The molecule has 37 heavy (non-hydrogen) atoms. The van der Waals surface area contributed by atoms with Gasteiger partial charge in [-0.1, -0.05) is 30.3 Å². The number of ether oxygens (including phenoxy) is 2. The summed E-state index contributed by atoms with van der Waals surface area (Å²) in [5.74, 6) is 0.178. The Labute approximate surface area is 210 Å². The molecule has 4 aromatic rings. The number of nitrogens with one attached hydrogen (secondary N) is 1. The van der Waals surface area contributed by atoms with E-state index in [1.54, 1.807) is 24.3 Å². The molecule has 1 saturated heterocycles. The van der Waals surface area contributed by atoms with E-state index < -0.39 is 4.92 Å². The fourth-order valence-electron chi connectivity index (χ4n) is 3.98. The molecule has 0 bridgehead atoms. The fourth-order valence-corrected chi connectivity index (χ4v) is 3.98. The zero-order chi connectivity index (χ0) is 25.8. The van der Waals surface area contributed by atoms with Crippen LogP contribution in [0, 0.1) is 21.4 Å². The van der Waals surface area contributed by atoms with Crippen molar-refractivity contribution in [3.05, 3.63) is 87.9 Å². The molecule has 1 atom stereocenters. The van der Waals surface area contributed by atoms with E-state index in [1.807, 2.05) is 12.1 Å². The van der Waals surface area contributed by atoms with E-state index in [2.05, 4.69) is 20.3 Å². The highest BCUT2D eigenvalue weighted by atomic mass is 16.6. The van der Waals surface area contributed by atoms with Crippen molar-refractivity contribution in [2.24, 2.45) is 0 Å². The van der Waals surface area contributed by atoms with Gasteiger partial charge in [0.1, 0.15) is 12.2 Å². The number of rotatable bonds is 8. The number of benzene rings is 2. The van der Waals surface area contributed by atoms with Crippen LogP contribution < -0.4 is 10.1 Å². The molecule has 1 aliphatic rings. The zero-order valence-corrected chi connectivity index (χ0v) is 19.5. The van der Waals surface area contributed by atoms with Gasteiger partial charge in [0.25, 0.3) is 0 Å². The Morgan fingerprint density at radius 2 is 1.97 bits per heavy atom. The molecule has 1 N–H and O–H groups in total. The molecule has 1 aliphatic heterocycles. The van der Waals surface area contributed by atoms with Crippen LogP contribution in [0.25, 0.3) is 10.9 Å². The third-order valence-electron chi connectivity index (χ3n) is 5.85. The first kappa shape index (κ1) is 23.8. The van der Waals surface area contributed by atoms with Crippen LogP contribution in [0.15, 0.2) is 61.1 Å². The first-order valence-corrected chi connectivity index (χ1v) is 11.4. The fraction of sp³-hybridized carbons (Fsp3) is 0.192. The highest BCUT2D eigenvalue weighted by Gasteiger charge is 2.25. The Kier molecular flexibility index (Phi) is 6.65. The summed E-state index contributed by atoms with van der Waals surface area (Å²) in [6, 6.07) is 13.8. The summed E-state index contributed by atoms with van der Waals surface area (Å²) < 4.78 is 11.1. The van der Waals surface area contributed by atoms with Crippen LogP contribution in [0.5, 0.6) is 5.75 Å². The van der Waals surface area contributed by atoms with Crippen molar-refractivity contribution in [1.82, 2.24) is 15.0 Å². The average molecular weight is 496 g/mol. The van der Waals surface area contributed by atoms with Crippen molar-refractivity contribution in [1.29, 1.82) is 5.26 Å². The predicted octanol–water partition coefficient (Wildman–Crippen LogP) is 4.14. The van der Waals surface area contributed by atoms with Gasteiger partial charge in [-0.2, -0.15) is 5.26 Å². The van der Waals surface area contributed by atoms with Gasteiger partial charge in [0, 0.05) is 54.5 Å². The van der Waals surface area contributed by atoms with Crippen LogP contribution in [-0.2, 0) is 11.2 Å². The number of ketones is 1. The SMILES string of the molecule is N#Cc1cnc2cc(OC3CCOC3)c([N+](=O)[O-])cc2c1Nc1ncc(CC(=O)c2ccccc2)cn1. The molecular formula is C26H20N6O5. The van der Waals surface area contributed by atoms with E-state index in [4.69, 9.17) is 9.47 Å². The van der Waals surface area contributed by atoms with Gasteiger partial charge in [0.15, 0.2) is 11.5 Å². The summed E-state index contributed by atoms with van der Waals surface area (Å²) in [4.78, 5) is 36.6. The molecule has 2 aromatic carbocycles. The summed E-state index contributed by atoms with van der Waals surface area (Å²) in [6.45, 7) is 0.885. The number of hydrogen-bond donors (Lipinski definition) is 1. The van der Waals surface area contributed by atoms with Crippen molar-refractivity contribution in [3.8, 4) is 11.8 Å². The van der Waals surface area contributed by atoms with Gasteiger partial charge in [-0.25, -0.2) is 9.97 Å². The molecule has 0 saturated carbocycles. The standard InChI is InChI=1S/C26H20N6O5/c27-11-18-14-28-21-10-24(37-19-6-7-36-15-19)22(32(34)35)9-20(21)25(18)31-26-29-12-16(13-30-26)8-23(33)17-4-2-1-3-5-17/h1-5,9-10,12-14,19H,6-8,15H2,(H,28,29,30,31). The molecule has 184 valence electrons. The molecule has 11 heteroatoms. The summed E-state index contributed by atoms with van der Waals surface area (Å²) >= 11 is 0. The number of Topliss-reactive ketones (excluding diaryl/α,β-unsaturated/α-hetero) is 1. The van der Waals surface area contributed by atoms with Gasteiger partial charge in [0.2, 0.25) is 5.95 Å². The van der Waals surface area contributed by atoms with Crippen molar-refractivity contribution in [3.63, 3.8) is 0 Å². The largest absolute Gasteiger partial charge is 0.481 e. The van der Waals surface area contributed by atoms with Crippen LogP contribution >= 0.6 is 0 Å². The summed E-state index contributed by atoms with van der Waals surface area (Å²) in [7, 11) is 0. The first-order chi connectivity index (χ1) is 18.0. The monoisotopic (exact) mass is 496 g/mol. The molecule has 0 spiro atoms. The maximum Gasteiger partial charge on any atom is 0.311 e. The predicted molar refractivity (Wildman–Crippen MR) is 133 cm³/mol. The Morgan fingerprint density at radius 3 is 2.65 bits per heavy atom. The number of nitriles is 1. The van der Waals surface area contributed by atoms with E-state index in [-0.39, 0.29) is 46.9 Å². The lowest BCUT2D eigenvalue weighted by Crippen LogP contribution is -2.16. The molecule has 1 unspecified atom stereocenters. The Balaban J connectivity index is 1.44. The van der Waals surface area contributed by atoms with E-state index >= 15 is 0 Å². The zero-order valence-electron chi connectivity index (χ0n) is 19.5. The number of nitro benzene ring substituents is 1. The van der Waals surface area contributed by atoms with Crippen molar-refractivity contribution < 1.29 is 19.2 Å². The van der Waals surface area contributed by atoms with Gasteiger partial charge in [-0.15, -0.1) is 0 Å². The summed E-state index contributed by atoms with van der Waals surface area (Å²) in [5.41, 5.74) is 1.79. The number of fused-ring (bicyclic) bond motifs is 1. The number of pyridine rings is 1. The molecule has 5 rings (SSSR count). The minimum atomic E-state index is -0.539. The highest BCUT2D eigenvalue weighted by molar-refractivity contribution is 5.98. The second-order valence-corrected chi connectivity index (χ2v) is 8.36. The summed E-state index contributed by atoms with van der Waals surface area (Å²) in [5, 5.41) is 24.8. The van der Waals surface area contributed by atoms with Crippen LogP contribution in [0.3, 0.4) is 0 Å². The highest BCUT2D eigenvalue weighted by Crippen LogP contribution is 2.37. The lowest BCUT2D eigenvalue weighted by molar-refractivity contribution is -0.385. The molecule has 1 fully saturated rings. The third-order valence-corrected chi connectivity index (χ3v) is 5.85. The minimum Gasteiger partial charge on any atom is -0.481 e. The van der Waals surface area contributed by atoms with Crippen LogP contribution in [0.1, 0.15) is 27.9 Å². The minimum absolute atomic E-state index is 0.0636. The molecule has 3 heterocycles. The molecular weight excluding hydrogens is 476 g/mol. The number of aromatic nitrogens is 3. The maximum absolute atomic E-state index is 12.5. The van der Waals surface area contributed by atoms with Gasteiger partial charge < -0.3 is 14.8 Å². The van der Waals surface area contributed by atoms with E-state index in [9.17, 15) is 20.2 Å². The van der Waals surface area contributed by atoms with E-state index in [0.717, 1.165) is 0 Å². The number of anilines is 2. The smallest absolute Gasteiger partial charge is 0.311 e. The van der Waals surface area contributed by atoms with E-state index in [1.165, 1.54) is 30.7 Å². The average Bonchev–Trinajstić information content (AvgIpc) is 3.43. The second kappa shape index (κ2) is 10.3. The van der Waals surface area contributed by atoms with Crippen molar-refractivity contribution in [2.45, 2.75) is 18.9 Å². The van der Waals surface area contributed by atoms with Crippen LogP contribution in [-0.4, -0.2) is 45.0 Å². The van der Waals surface area contributed by atoms with Gasteiger partial charge >= 0.3 is 5.69 Å². The number of hydrogen-bond acceptors (Lipinski definition) is 10. The van der Waals surface area contributed by atoms with Crippen LogP contribution in [0.4, 0.5) is 17.3 Å². The van der Waals surface area contributed by atoms with Crippen molar-refractivity contribution in [2.75, 3.05) is 18.5 Å². The molecule has 0 radical (unpaired) electrons.